The Labute approximate surface area is 111 Å². The van der Waals surface area contributed by atoms with Crippen LogP contribution in [0, 0.1) is 0 Å². The molecule has 0 saturated carbocycles. The lowest BCUT2D eigenvalue weighted by molar-refractivity contribution is 0.0943. The topological polar surface area (TPSA) is 66.4 Å². The van der Waals surface area contributed by atoms with Gasteiger partial charge in [-0.25, -0.2) is 0 Å². The maximum atomic E-state index is 11.8. The average Bonchev–Trinajstić information content (AvgIpc) is 2.20. The summed E-state index contributed by atoms with van der Waals surface area (Å²) >= 11 is 3.14. The van der Waals surface area contributed by atoms with Crippen LogP contribution >= 0.6 is 15.9 Å². The molecular weight excluding hydrogens is 306 g/mol. The van der Waals surface area contributed by atoms with Crippen LogP contribution in [0.5, 0.6) is 5.75 Å². The summed E-state index contributed by atoms with van der Waals surface area (Å²) in [5, 5.41) is 12.2. The molecule has 17 heavy (non-hydrogen) atoms. The Morgan fingerprint density at radius 2 is 2.24 bits per heavy atom. The summed E-state index contributed by atoms with van der Waals surface area (Å²) in [7, 11) is -0.948. The number of nitrogens with one attached hydrogen (secondary N) is 1. The Morgan fingerprint density at radius 3 is 2.76 bits per heavy atom. The Balaban J connectivity index is 2.70. The number of aromatic hydroxyl groups is 1. The van der Waals surface area contributed by atoms with E-state index in [1.807, 2.05) is 0 Å². The smallest absolute Gasteiger partial charge is 0.251 e. The summed E-state index contributed by atoms with van der Waals surface area (Å²) in [6.07, 6.45) is 1.59. The Hall–Kier alpha value is -0.880. The van der Waals surface area contributed by atoms with E-state index < -0.39 is 10.8 Å². The van der Waals surface area contributed by atoms with Crippen LogP contribution in [0.3, 0.4) is 0 Å². The van der Waals surface area contributed by atoms with Gasteiger partial charge in [-0.3, -0.25) is 9.00 Å². The molecule has 0 aliphatic rings. The van der Waals surface area contributed by atoms with Crippen molar-refractivity contribution in [3.8, 4) is 5.75 Å². The number of rotatable bonds is 4. The van der Waals surface area contributed by atoms with Crippen LogP contribution < -0.4 is 5.32 Å². The van der Waals surface area contributed by atoms with E-state index in [0.717, 1.165) is 0 Å². The Bertz CT molecular complexity index is 450. The number of carbonyl (C=O) groups excluding carboxylic acids is 1. The normalized spacial score (nSPS) is 14.1. The van der Waals surface area contributed by atoms with Gasteiger partial charge in [-0.05, 0) is 41.1 Å². The van der Waals surface area contributed by atoms with Crippen molar-refractivity contribution >= 4 is 32.6 Å². The zero-order valence-electron chi connectivity index (χ0n) is 9.57. The molecule has 0 bridgehead atoms. The molecule has 2 unspecified atom stereocenters. The molecule has 0 spiro atoms. The van der Waals surface area contributed by atoms with Crippen molar-refractivity contribution in [1.82, 2.24) is 5.32 Å². The molecule has 0 heterocycles. The molecule has 0 aliphatic carbocycles. The van der Waals surface area contributed by atoms with Crippen molar-refractivity contribution < 1.29 is 14.1 Å². The van der Waals surface area contributed by atoms with Crippen LogP contribution in [-0.4, -0.2) is 33.3 Å². The van der Waals surface area contributed by atoms with Gasteiger partial charge in [0.2, 0.25) is 0 Å². The summed E-state index contributed by atoms with van der Waals surface area (Å²) < 4.78 is 11.5. The summed E-state index contributed by atoms with van der Waals surface area (Å²) in [5.41, 5.74) is 0.374. The Morgan fingerprint density at radius 1 is 1.59 bits per heavy atom. The van der Waals surface area contributed by atoms with Crippen molar-refractivity contribution in [2.45, 2.75) is 13.0 Å². The molecule has 0 radical (unpaired) electrons. The highest BCUT2D eigenvalue weighted by Gasteiger charge is 2.12. The van der Waals surface area contributed by atoms with Gasteiger partial charge in [0.15, 0.2) is 0 Å². The van der Waals surface area contributed by atoms with Crippen molar-refractivity contribution in [2.24, 2.45) is 0 Å². The SMILES string of the molecule is CC(CS(C)=O)NC(=O)c1ccc(Br)c(O)c1. The van der Waals surface area contributed by atoms with Crippen molar-refractivity contribution in [3.63, 3.8) is 0 Å². The first kappa shape index (κ1) is 14.2. The van der Waals surface area contributed by atoms with Crippen LogP contribution in [0.25, 0.3) is 0 Å². The number of hydrogen-bond acceptors (Lipinski definition) is 3. The fourth-order valence-corrected chi connectivity index (χ4v) is 2.39. The zero-order valence-corrected chi connectivity index (χ0v) is 12.0. The molecule has 0 fully saturated rings. The summed E-state index contributed by atoms with van der Waals surface area (Å²) in [6.45, 7) is 1.79. The Kier molecular flexibility index (Phi) is 5.14. The van der Waals surface area contributed by atoms with Gasteiger partial charge in [0.25, 0.3) is 5.91 Å². The minimum absolute atomic E-state index is 0.0179. The van der Waals surface area contributed by atoms with Gasteiger partial charge >= 0.3 is 0 Å². The third kappa shape index (κ3) is 4.47. The van der Waals surface area contributed by atoms with E-state index >= 15 is 0 Å². The first-order valence-electron chi connectivity index (χ1n) is 4.99. The molecule has 0 aliphatic heterocycles. The molecule has 6 heteroatoms. The van der Waals surface area contributed by atoms with Gasteiger partial charge in [0.1, 0.15) is 5.75 Å². The second-order valence-corrected chi connectivity index (χ2v) is 6.11. The van der Waals surface area contributed by atoms with Gasteiger partial charge in [0, 0.05) is 34.4 Å². The van der Waals surface area contributed by atoms with E-state index in [1.54, 1.807) is 25.3 Å². The second kappa shape index (κ2) is 6.16. The highest BCUT2D eigenvalue weighted by atomic mass is 79.9. The van der Waals surface area contributed by atoms with Gasteiger partial charge in [-0.15, -0.1) is 0 Å². The van der Waals surface area contributed by atoms with Crippen LogP contribution in [0.1, 0.15) is 17.3 Å². The van der Waals surface area contributed by atoms with E-state index in [9.17, 15) is 14.1 Å². The molecule has 0 aromatic heterocycles. The van der Waals surface area contributed by atoms with Crippen LogP contribution in [-0.2, 0) is 10.8 Å². The highest BCUT2D eigenvalue weighted by Crippen LogP contribution is 2.24. The fraction of sp³-hybridized carbons (Fsp3) is 0.364. The number of hydrogen-bond donors (Lipinski definition) is 2. The van der Waals surface area contributed by atoms with E-state index in [1.165, 1.54) is 6.07 Å². The first-order chi connectivity index (χ1) is 7.90. The minimum Gasteiger partial charge on any atom is -0.507 e. The maximum absolute atomic E-state index is 11.8. The van der Waals surface area contributed by atoms with E-state index in [4.69, 9.17) is 0 Å². The summed E-state index contributed by atoms with van der Waals surface area (Å²) in [6, 6.07) is 4.43. The number of amides is 1. The van der Waals surface area contributed by atoms with Gasteiger partial charge in [-0.2, -0.15) is 0 Å². The molecule has 1 aromatic rings. The maximum Gasteiger partial charge on any atom is 0.251 e. The molecule has 4 nitrogen and oxygen atoms in total. The third-order valence-electron chi connectivity index (χ3n) is 2.07. The number of phenolic OH excluding ortho intramolecular Hbond substituents is 1. The van der Waals surface area contributed by atoms with Crippen molar-refractivity contribution in [3.05, 3.63) is 28.2 Å². The number of phenols is 1. The lowest BCUT2D eigenvalue weighted by atomic mass is 10.2. The lowest BCUT2D eigenvalue weighted by Gasteiger charge is -2.12. The predicted octanol–water partition coefficient (Wildman–Crippen LogP) is 1.65. The summed E-state index contributed by atoms with van der Waals surface area (Å²) in [5.74, 6) is 0.143. The minimum atomic E-state index is -0.948. The lowest BCUT2D eigenvalue weighted by Crippen LogP contribution is -2.36. The molecule has 2 N–H and O–H groups in total. The summed E-state index contributed by atoms with van der Waals surface area (Å²) in [4.78, 5) is 11.8. The molecule has 0 saturated heterocycles. The fourth-order valence-electron chi connectivity index (χ4n) is 1.35. The first-order valence-corrected chi connectivity index (χ1v) is 7.51. The van der Waals surface area contributed by atoms with Gasteiger partial charge in [-0.1, -0.05) is 0 Å². The zero-order chi connectivity index (χ0) is 13.0. The molecule has 1 aromatic carbocycles. The van der Waals surface area contributed by atoms with Crippen LogP contribution in [0.15, 0.2) is 22.7 Å². The molecule has 1 amide bonds. The predicted molar refractivity (Wildman–Crippen MR) is 71.7 cm³/mol. The number of carbonyl (C=O) groups is 1. The second-order valence-electron chi connectivity index (χ2n) is 3.78. The van der Waals surface area contributed by atoms with Crippen LogP contribution in [0.4, 0.5) is 0 Å². The number of benzene rings is 1. The third-order valence-corrected chi connectivity index (χ3v) is 3.71. The van der Waals surface area contributed by atoms with E-state index in [-0.39, 0.29) is 17.7 Å². The largest absolute Gasteiger partial charge is 0.507 e. The number of halogens is 1. The van der Waals surface area contributed by atoms with E-state index in [0.29, 0.717) is 15.8 Å². The van der Waals surface area contributed by atoms with Gasteiger partial charge < -0.3 is 10.4 Å². The quantitative estimate of drug-likeness (QED) is 0.886. The molecular formula is C11H14BrNO3S. The van der Waals surface area contributed by atoms with Crippen LogP contribution in [0.2, 0.25) is 0 Å². The van der Waals surface area contributed by atoms with E-state index in [2.05, 4.69) is 21.2 Å². The van der Waals surface area contributed by atoms with Gasteiger partial charge in [0.05, 0.1) is 4.47 Å². The molecule has 94 valence electrons. The van der Waals surface area contributed by atoms with Crippen molar-refractivity contribution in [1.29, 1.82) is 0 Å². The molecule has 1 rings (SSSR count). The average molecular weight is 320 g/mol. The van der Waals surface area contributed by atoms with Crippen molar-refractivity contribution in [2.75, 3.05) is 12.0 Å². The standard InChI is InChI=1S/C11H14BrNO3S/c1-7(6-17(2)16)13-11(15)8-3-4-9(12)10(14)5-8/h3-5,7,14H,6H2,1-2H3,(H,13,15). The molecule has 2 atom stereocenters. The monoisotopic (exact) mass is 319 g/mol. The highest BCUT2D eigenvalue weighted by molar-refractivity contribution is 9.10.